The van der Waals surface area contributed by atoms with E-state index in [1.54, 1.807) is 6.92 Å². The highest BCUT2D eigenvalue weighted by Gasteiger charge is 2.21. The highest BCUT2D eigenvalue weighted by molar-refractivity contribution is 5.90. The van der Waals surface area contributed by atoms with Crippen molar-refractivity contribution in [3.63, 3.8) is 0 Å². The Kier molecular flexibility index (Phi) is 4.76. The van der Waals surface area contributed by atoms with Gasteiger partial charge in [0.2, 0.25) is 0 Å². The van der Waals surface area contributed by atoms with Crippen LogP contribution in [0.4, 0.5) is 15.8 Å². The minimum Gasteiger partial charge on any atom is -0.478 e. The van der Waals surface area contributed by atoms with Crippen molar-refractivity contribution in [1.82, 2.24) is 0 Å². The van der Waals surface area contributed by atoms with Crippen LogP contribution >= 0.6 is 0 Å². The van der Waals surface area contributed by atoms with Crippen molar-refractivity contribution in [2.24, 2.45) is 0 Å². The molecule has 8 heteroatoms. The van der Waals surface area contributed by atoms with E-state index >= 15 is 0 Å². The van der Waals surface area contributed by atoms with E-state index in [-0.39, 0.29) is 18.3 Å². The molecule has 0 aliphatic heterocycles. The fraction of sp³-hybridized carbons (Fsp3) is 0.364. The number of methoxy groups -OCH3 is 1. The lowest BCUT2D eigenvalue weighted by atomic mass is 10.1. The molecule has 1 atom stereocenters. The quantitative estimate of drug-likeness (QED) is 0.605. The van der Waals surface area contributed by atoms with Gasteiger partial charge in [-0.25, -0.2) is 9.18 Å². The summed E-state index contributed by atoms with van der Waals surface area (Å²) in [4.78, 5) is 20.8. The summed E-state index contributed by atoms with van der Waals surface area (Å²) in [6.45, 7) is 1.95. The molecule has 0 aromatic heterocycles. The molecular weight excluding hydrogens is 259 g/mol. The Morgan fingerprint density at radius 3 is 2.74 bits per heavy atom. The Bertz CT molecular complexity index is 506. The normalized spacial score (nSPS) is 11.9. The number of carboxylic acids is 1. The third-order valence-corrected chi connectivity index (χ3v) is 2.49. The molecule has 0 saturated heterocycles. The predicted molar refractivity (Wildman–Crippen MR) is 65.0 cm³/mol. The molecule has 0 fully saturated rings. The number of ether oxygens (including phenoxy) is 1. The average Bonchev–Trinajstić information content (AvgIpc) is 2.35. The Morgan fingerprint density at radius 1 is 1.63 bits per heavy atom. The molecule has 104 valence electrons. The van der Waals surface area contributed by atoms with Crippen LogP contribution < -0.4 is 5.32 Å². The second kappa shape index (κ2) is 6.10. The average molecular weight is 272 g/mol. The fourth-order valence-corrected chi connectivity index (χ4v) is 1.36. The largest absolute Gasteiger partial charge is 0.478 e. The molecule has 0 radical (unpaired) electrons. The standard InChI is InChI=1S/C11H13FN2O5/c1-6(19-2)5-13-9-3-7(11(15)16)8(12)4-10(9)14(17)18/h3-4,6,13H,5H2,1-2H3,(H,15,16). The van der Waals surface area contributed by atoms with Gasteiger partial charge in [0.15, 0.2) is 0 Å². The van der Waals surface area contributed by atoms with Crippen molar-refractivity contribution in [3.8, 4) is 0 Å². The zero-order valence-electron chi connectivity index (χ0n) is 10.3. The van der Waals surface area contributed by atoms with E-state index in [4.69, 9.17) is 9.84 Å². The van der Waals surface area contributed by atoms with Crippen LogP contribution in [0.2, 0.25) is 0 Å². The molecule has 0 bridgehead atoms. The summed E-state index contributed by atoms with van der Waals surface area (Å²) in [5, 5.41) is 22.2. The zero-order chi connectivity index (χ0) is 14.6. The number of carbonyl (C=O) groups is 1. The maximum Gasteiger partial charge on any atom is 0.338 e. The lowest BCUT2D eigenvalue weighted by Gasteiger charge is -2.12. The maximum absolute atomic E-state index is 13.4. The Morgan fingerprint density at radius 2 is 2.26 bits per heavy atom. The number of carboxylic acid groups (broad SMARTS) is 1. The van der Waals surface area contributed by atoms with Crippen LogP contribution in [0.15, 0.2) is 12.1 Å². The van der Waals surface area contributed by atoms with Gasteiger partial charge in [-0.2, -0.15) is 0 Å². The van der Waals surface area contributed by atoms with E-state index in [1.807, 2.05) is 0 Å². The highest BCUT2D eigenvalue weighted by atomic mass is 19.1. The first-order chi connectivity index (χ1) is 8.86. The summed E-state index contributed by atoms with van der Waals surface area (Å²) < 4.78 is 18.3. The lowest BCUT2D eigenvalue weighted by molar-refractivity contribution is -0.384. The van der Waals surface area contributed by atoms with Crippen molar-refractivity contribution < 1.29 is 24.0 Å². The number of hydrogen-bond acceptors (Lipinski definition) is 5. The number of nitro groups is 1. The van der Waals surface area contributed by atoms with Gasteiger partial charge >= 0.3 is 5.97 Å². The smallest absolute Gasteiger partial charge is 0.338 e. The van der Waals surface area contributed by atoms with Gasteiger partial charge < -0.3 is 15.2 Å². The fourth-order valence-electron chi connectivity index (χ4n) is 1.36. The van der Waals surface area contributed by atoms with Gasteiger partial charge in [0.05, 0.1) is 22.7 Å². The van der Waals surface area contributed by atoms with E-state index in [2.05, 4.69) is 5.32 Å². The Hall–Kier alpha value is -2.22. The second-order valence-electron chi connectivity index (χ2n) is 3.84. The number of hydrogen-bond donors (Lipinski definition) is 2. The number of nitro benzene ring substituents is 1. The van der Waals surface area contributed by atoms with Crippen molar-refractivity contribution in [2.75, 3.05) is 19.0 Å². The summed E-state index contributed by atoms with van der Waals surface area (Å²) in [6.07, 6.45) is -0.238. The van der Waals surface area contributed by atoms with Gasteiger partial charge in [-0.15, -0.1) is 0 Å². The third kappa shape index (κ3) is 3.62. The number of nitrogens with one attached hydrogen (secondary N) is 1. The molecule has 19 heavy (non-hydrogen) atoms. The Labute approximate surface area is 108 Å². The number of nitrogens with zero attached hydrogens (tertiary/aromatic N) is 1. The molecule has 0 aliphatic rings. The van der Waals surface area contributed by atoms with E-state index in [0.29, 0.717) is 6.07 Å². The molecule has 1 aromatic carbocycles. The van der Waals surface area contributed by atoms with Gasteiger partial charge in [0.1, 0.15) is 11.5 Å². The maximum atomic E-state index is 13.4. The summed E-state index contributed by atoms with van der Waals surface area (Å²) in [6, 6.07) is 1.49. The van der Waals surface area contributed by atoms with Crippen molar-refractivity contribution in [2.45, 2.75) is 13.0 Å². The monoisotopic (exact) mass is 272 g/mol. The summed E-state index contributed by atoms with van der Waals surface area (Å²) >= 11 is 0. The van der Waals surface area contributed by atoms with Gasteiger partial charge in [-0.05, 0) is 13.0 Å². The van der Waals surface area contributed by atoms with Crippen molar-refractivity contribution in [3.05, 3.63) is 33.6 Å². The predicted octanol–water partition coefficient (Wildman–Crippen LogP) is 1.88. The molecule has 0 aliphatic carbocycles. The first-order valence-corrected chi connectivity index (χ1v) is 5.34. The second-order valence-corrected chi connectivity index (χ2v) is 3.84. The van der Waals surface area contributed by atoms with Crippen LogP contribution in [0.3, 0.4) is 0 Å². The summed E-state index contributed by atoms with van der Waals surface area (Å²) in [5.74, 6) is -2.64. The number of anilines is 1. The minimum absolute atomic E-state index is 0.0623. The number of aromatic carboxylic acids is 1. The van der Waals surface area contributed by atoms with Crippen LogP contribution in [0.5, 0.6) is 0 Å². The Balaban J connectivity index is 3.14. The lowest BCUT2D eigenvalue weighted by Crippen LogP contribution is -2.19. The van der Waals surface area contributed by atoms with Crippen LogP contribution in [0.25, 0.3) is 0 Å². The summed E-state index contributed by atoms with van der Waals surface area (Å²) in [5.41, 5.74) is -1.21. The van der Waals surface area contributed by atoms with E-state index < -0.39 is 28.0 Å². The van der Waals surface area contributed by atoms with Gasteiger partial charge in [0.25, 0.3) is 5.69 Å². The van der Waals surface area contributed by atoms with E-state index in [0.717, 1.165) is 6.07 Å². The van der Waals surface area contributed by atoms with Crippen LogP contribution in [-0.2, 0) is 4.74 Å². The molecule has 2 N–H and O–H groups in total. The molecule has 0 saturated carbocycles. The van der Waals surface area contributed by atoms with Crippen LogP contribution in [0.1, 0.15) is 17.3 Å². The molecule has 0 spiro atoms. The van der Waals surface area contributed by atoms with Crippen molar-refractivity contribution in [1.29, 1.82) is 0 Å². The molecule has 1 unspecified atom stereocenters. The molecule has 1 aromatic rings. The number of benzene rings is 1. The molecule has 0 heterocycles. The van der Waals surface area contributed by atoms with Crippen LogP contribution in [0, 0.1) is 15.9 Å². The summed E-state index contributed by atoms with van der Waals surface area (Å²) in [7, 11) is 1.47. The SMILES string of the molecule is COC(C)CNc1cc(C(=O)O)c(F)cc1[N+](=O)[O-]. The first kappa shape index (κ1) is 14.8. The molecule has 0 amide bonds. The zero-order valence-corrected chi connectivity index (χ0v) is 10.3. The van der Waals surface area contributed by atoms with Crippen LogP contribution in [-0.4, -0.2) is 35.8 Å². The minimum atomic E-state index is -1.49. The van der Waals surface area contributed by atoms with Gasteiger partial charge in [0, 0.05) is 13.7 Å². The van der Waals surface area contributed by atoms with Gasteiger partial charge in [-0.1, -0.05) is 0 Å². The number of rotatable bonds is 6. The third-order valence-electron chi connectivity index (χ3n) is 2.49. The topological polar surface area (TPSA) is 102 Å². The molecule has 1 rings (SSSR count). The number of halogens is 1. The molecular formula is C11H13FN2O5. The molecule has 7 nitrogen and oxygen atoms in total. The van der Waals surface area contributed by atoms with Gasteiger partial charge in [-0.3, -0.25) is 10.1 Å². The highest BCUT2D eigenvalue weighted by Crippen LogP contribution is 2.27. The van der Waals surface area contributed by atoms with Crippen molar-refractivity contribution >= 4 is 17.3 Å². The first-order valence-electron chi connectivity index (χ1n) is 5.34. The van der Waals surface area contributed by atoms with E-state index in [9.17, 15) is 19.3 Å². The van der Waals surface area contributed by atoms with E-state index in [1.165, 1.54) is 7.11 Å².